The second-order valence-corrected chi connectivity index (χ2v) is 18.0. The van der Waals surface area contributed by atoms with E-state index in [0.29, 0.717) is 5.56 Å². The second-order valence-electron chi connectivity index (χ2n) is 7.38. The van der Waals surface area contributed by atoms with Crippen LogP contribution in [0.25, 0.3) is 11.3 Å². The monoisotopic (exact) mass is 362 g/mol. The first kappa shape index (κ1) is 12.3. The fourth-order valence-corrected chi connectivity index (χ4v) is 6.21. The van der Waals surface area contributed by atoms with Crippen molar-refractivity contribution in [3.63, 3.8) is 0 Å². The minimum atomic E-state index is -2.24. The van der Waals surface area contributed by atoms with Gasteiger partial charge in [-0.25, -0.2) is 0 Å². The van der Waals surface area contributed by atoms with Crippen LogP contribution in [0, 0.1) is 13.8 Å². The van der Waals surface area contributed by atoms with Gasteiger partial charge >= 0.3 is 144 Å². The van der Waals surface area contributed by atoms with Crippen molar-refractivity contribution >= 4 is 17.7 Å². The Hall–Kier alpha value is -1.09. The summed E-state index contributed by atoms with van der Waals surface area (Å²) in [6.07, 6.45) is 2.04. The van der Waals surface area contributed by atoms with Crippen LogP contribution in [0.5, 0.6) is 0 Å². The van der Waals surface area contributed by atoms with Crippen LogP contribution in [-0.4, -0.2) is 13.3 Å². The van der Waals surface area contributed by atoms with E-state index in [-0.39, 0.29) is 0 Å². The van der Waals surface area contributed by atoms with Crippen LogP contribution in [0.1, 0.15) is 41.9 Å². The summed E-state index contributed by atoms with van der Waals surface area (Å²) in [5.74, 6) is 6.40. The van der Waals surface area contributed by atoms with Gasteiger partial charge in [-0.05, 0) is 0 Å². The van der Waals surface area contributed by atoms with E-state index in [1.165, 1.54) is 4.40 Å². The van der Waals surface area contributed by atoms with Gasteiger partial charge in [0.05, 0.1) is 0 Å². The summed E-state index contributed by atoms with van der Waals surface area (Å²) in [5.41, 5.74) is 4.59. The molecule has 22 heavy (non-hydrogen) atoms. The molecule has 0 bridgehead atoms. The van der Waals surface area contributed by atoms with Crippen LogP contribution in [0.2, 0.25) is 17.3 Å². The molecule has 0 spiro atoms. The predicted octanol–water partition coefficient (Wildman–Crippen LogP) is 4.46. The topological polar surface area (TPSA) is 3.88 Å². The van der Waals surface area contributed by atoms with Crippen LogP contribution in [0.4, 0.5) is 0 Å². The fraction of sp³-hybridized carbons (Fsp3) is 0.450. The van der Waals surface area contributed by atoms with Gasteiger partial charge in [-0.1, -0.05) is 0 Å². The Bertz CT molecular complexity index is 827. The molecule has 1 aromatic carbocycles. The summed E-state index contributed by atoms with van der Waals surface area (Å²) in [7, 11) is 2.03. The van der Waals surface area contributed by atoms with Crippen LogP contribution >= 0.6 is 0 Å². The summed E-state index contributed by atoms with van der Waals surface area (Å²) in [6.45, 7) is 3.72. The van der Waals surface area contributed by atoms with E-state index >= 15 is 0 Å². The maximum absolute atomic E-state index is 8.43. The third-order valence-corrected chi connectivity index (χ3v) is 8.30. The second kappa shape index (κ2) is 6.19. The number of rotatable bonds is 3. The summed E-state index contributed by atoms with van der Waals surface area (Å²) in [4.78, 5) is 0. The molecular formula is C20H30GeN+. The molecule has 2 aromatic rings. The van der Waals surface area contributed by atoms with Crippen molar-refractivity contribution in [1.82, 2.24) is 0 Å². The van der Waals surface area contributed by atoms with E-state index in [1.807, 2.05) is 40.1 Å². The number of hydrogen-bond acceptors (Lipinski definition) is 0. The molecule has 0 unspecified atom stereocenters. The Morgan fingerprint density at radius 1 is 1.18 bits per heavy atom. The Kier molecular flexibility index (Phi) is 3.48. The minimum absolute atomic E-state index is 0.379. The molecule has 1 heterocycles. The first-order valence-electron chi connectivity index (χ1n) is 9.78. The van der Waals surface area contributed by atoms with Crippen molar-refractivity contribution in [2.75, 3.05) is 0 Å². The van der Waals surface area contributed by atoms with E-state index in [9.17, 15) is 0 Å². The zero-order valence-corrected chi connectivity index (χ0v) is 16.9. The summed E-state index contributed by atoms with van der Waals surface area (Å²) in [6, 6.07) is 7.65. The average Bonchev–Trinajstić information content (AvgIpc) is 2.44. The molecular weight excluding hydrogens is 327 g/mol. The Morgan fingerprint density at radius 2 is 1.86 bits per heavy atom. The SMILES string of the molecule is [2H]C([2H])([2H])c1ccc(-c2[c]([Ge]([CH3])([CH3])[CH3])cc(C([2H])(C)C)c[n+]2C)c(C)c1. The average molecular weight is 361 g/mol. The van der Waals surface area contributed by atoms with Crippen molar-refractivity contribution in [3.05, 3.63) is 47.2 Å². The normalized spacial score (nSPS) is 15.8. The fourth-order valence-electron chi connectivity index (χ4n) is 2.83. The number of aryl methyl sites for hydroxylation is 3. The Morgan fingerprint density at radius 3 is 2.36 bits per heavy atom. The van der Waals surface area contributed by atoms with Crippen molar-refractivity contribution in [1.29, 1.82) is 0 Å². The van der Waals surface area contributed by atoms with Crippen LogP contribution < -0.4 is 8.96 Å². The van der Waals surface area contributed by atoms with Gasteiger partial charge in [-0.2, -0.15) is 0 Å². The zero-order valence-electron chi connectivity index (χ0n) is 18.8. The number of nitrogens with zero attached hydrogens (tertiary/aromatic N) is 1. The summed E-state index contributed by atoms with van der Waals surface area (Å²) in [5, 5.41) is 0. The molecule has 0 aliphatic carbocycles. The zero-order chi connectivity index (χ0) is 20.1. The van der Waals surface area contributed by atoms with Crippen LogP contribution in [-0.2, 0) is 7.05 Å². The molecule has 0 N–H and O–H groups in total. The van der Waals surface area contributed by atoms with E-state index in [2.05, 4.69) is 27.9 Å². The Labute approximate surface area is 144 Å². The standard InChI is InChI=1S/C20H30GeN/c1-14(2)17-12-19(21(5,6)7)20(22(8)13-17)18-10-9-15(3)11-16(18)4/h9-14H,1-8H3/q+1/i3D3,14D. The summed E-state index contributed by atoms with van der Waals surface area (Å²) >= 11 is -2.24. The molecule has 0 amide bonds. The molecule has 0 fully saturated rings. The molecule has 0 atom stereocenters. The van der Waals surface area contributed by atoms with Gasteiger partial charge < -0.3 is 0 Å². The molecule has 2 heteroatoms. The molecule has 2 rings (SSSR count). The van der Waals surface area contributed by atoms with E-state index < -0.39 is 26.0 Å². The predicted molar refractivity (Wildman–Crippen MR) is 99.6 cm³/mol. The third-order valence-electron chi connectivity index (χ3n) is 4.11. The number of benzene rings is 1. The molecule has 0 saturated carbocycles. The first-order chi connectivity index (χ1) is 11.6. The van der Waals surface area contributed by atoms with Crippen LogP contribution in [0.3, 0.4) is 0 Å². The molecule has 0 saturated heterocycles. The van der Waals surface area contributed by atoms with Crippen LogP contribution in [0.15, 0.2) is 30.5 Å². The molecule has 0 aliphatic rings. The molecule has 0 radical (unpaired) electrons. The number of hydrogen-bond donors (Lipinski definition) is 0. The van der Waals surface area contributed by atoms with Gasteiger partial charge in [0.25, 0.3) is 0 Å². The van der Waals surface area contributed by atoms with E-state index in [0.717, 1.165) is 22.4 Å². The van der Waals surface area contributed by atoms with Gasteiger partial charge in [0.2, 0.25) is 0 Å². The molecule has 118 valence electrons. The first-order valence-corrected chi connectivity index (χ1v) is 15.1. The maximum atomic E-state index is 8.43. The van der Waals surface area contributed by atoms with Gasteiger partial charge in [-0.3, -0.25) is 0 Å². The van der Waals surface area contributed by atoms with Crippen molar-refractivity contribution in [3.8, 4) is 11.3 Å². The summed E-state index contributed by atoms with van der Waals surface area (Å²) < 4.78 is 34.8. The van der Waals surface area contributed by atoms with Gasteiger partial charge in [0.1, 0.15) is 0 Å². The van der Waals surface area contributed by atoms with E-state index in [4.69, 9.17) is 5.48 Å². The van der Waals surface area contributed by atoms with Crippen molar-refractivity contribution < 1.29 is 10.1 Å². The van der Waals surface area contributed by atoms with Gasteiger partial charge in [0, 0.05) is 0 Å². The molecule has 0 aliphatic heterocycles. The Balaban J connectivity index is 2.78. The quantitative estimate of drug-likeness (QED) is 0.561. The number of pyridine rings is 1. The molecule has 1 nitrogen and oxygen atoms in total. The third kappa shape index (κ3) is 3.45. The number of aromatic nitrogens is 1. The molecule has 1 aromatic heterocycles. The van der Waals surface area contributed by atoms with Crippen molar-refractivity contribution in [2.24, 2.45) is 7.05 Å². The van der Waals surface area contributed by atoms with E-state index in [1.54, 1.807) is 12.1 Å². The van der Waals surface area contributed by atoms with Gasteiger partial charge in [0.15, 0.2) is 0 Å². The van der Waals surface area contributed by atoms with Gasteiger partial charge in [-0.15, -0.1) is 0 Å². The van der Waals surface area contributed by atoms with Crippen molar-refractivity contribution in [2.45, 2.75) is 50.8 Å².